The van der Waals surface area contributed by atoms with E-state index in [0.29, 0.717) is 48.2 Å². The predicted octanol–water partition coefficient (Wildman–Crippen LogP) is 5.05. The highest BCUT2D eigenvalue weighted by Crippen LogP contribution is 2.36. The van der Waals surface area contributed by atoms with Crippen LogP contribution in [0, 0.1) is 5.41 Å². The smallest absolute Gasteiger partial charge is 0.254 e. The minimum absolute atomic E-state index is 0.0418. The zero-order valence-electron chi connectivity index (χ0n) is 19.8. The van der Waals surface area contributed by atoms with Gasteiger partial charge in [-0.05, 0) is 74.6 Å². The molecule has 2 aliphatic heterocycles. The third-order valence-electron chi connectivity index (χ3n) is 6.86. The number of rotatable bonds is 7. The minimum atomic E-state index is -0.444. The van der Waals surface area contributed by atoms with E-state index in [1.165, 1.54) is 6.42 Å². The summed E-state index contributed by atoms with van der Waals surface area (Å²) in [5.74, 6) is 1.49. The number of likely N-dealkylation sites (tertiary alicyclic amines) is 2. The number of carbonyl (C=O) groups excluding carboxylic acids is 2. The molecule has 2 fully saturated rings. The molecule has 0 bridgehead atoms. The van der Waals surface area contributed by atoms with Crippen molar-refractivity contribution in [1.29, 1.82) is 0 Å². The summed E-state index contributed by atoms with van der Waals surface area (Å²) in [5.41, 5.74) is 0.150. The molecule has 0 aromatic heterocycles. The molecular weight excluding hydrogens is 452 g/mol. The Morgan fingerprint density at radius 3 is 2.41 bits per heavy atom. The standard InChI is InChI=1S/C27H33ClN2O4/c1-33-24-8-5-7-21(17-24)26(32)30-16-6-13-27(19-30,18-25(31)29-14-3-2-4-15-29)20-34-23-11-9-22(28)10-12-23/h5,7-12,17H,2-4,6,13-16,18-20H2,1H3/t27-/m1/s1. The summed E-state index contributed by atoms with van der Waals surface area (Å²) in [6, 6.07) is 14.5. The summed E-state index contributed by atoms with van der Waals surface area (Å²) in [5, 5.41) is 0.648. The van der Waals surface area contributed by atoms with Crippen molar-refractivity contribution in [2.45, 2.75) is 38.5 Å². The molecule has 0 N–H and O–H groups in total. The zero-order valence-corrected chi connectivity index (χ0v) is 20.6. The average Bonchev–Trinajstić information content (AvgIpc) is 2.88. The van der Waals surface area contributed by atoms with E-state index in [1.807, 2.05) is 40.1 Å². The van der Waals surface area contributed by atoms with Gasteiger partial charge in [-0.15, -0.1) is 0 Å². The van der Waals surface area contributed by atoms with Crippen molar-refractivity contribution in [3.8, 4) is 11.5 Å². The van der Waals surface area contributed by atoms with Gasteiger partial charge in [0, 0.05) is 48.6 Å². The van der Waals surface area contributed by atoms with E-state index in [1.54, 1.807) is 25.3 Å². The molecule has 4 rings (SSSR count). The second kappa shape index (κ2) is 11.1. The maximum atomic E-state index is 13.4. The van der Waals surface area contributed by atoms with Gasteiger partial charge >= 0.3 is 0 Å². The van der Waals surface area contributed by atoms with Gasteiger partial charge in [0.1, 0.15) is 11.5 Å². The molecule has 2 amide bonds. The summed E-state index contributed by atoms with van der Waals surface area (Å²) in [4.78, 5) is 30.5. The molecule has 34 heavy (non-hydrogen) atoms. The van der Waals surface area contributed by atoms with Crippen molar-refractivity contribution in [1.82, 2.24) is 9.80 Å². The van der Waals surface area contributed by atoms with Gasteiger partial charge in [-0.2, -0.15) is 0 Å². The lowest BCUT2D eigenvalue weighted by Crippen LogP contribution is -2.51. The van der Waals surface area contributed by atoms with Crippen LogP contribution in [0.2, 0.25) is 5.02 Å². The number of hydrogen-bond acceptors (Lipinski definition) is 4. The molecule has 0 aliphatic carbocycles. The highest BCUT2D eigenvalue weighted by Gasteiger charge is 2.41. The maximum Gasteiger partial charge on any atom is 0.254 e. The Morgan fingerprint density at radius 1 is 0.941 bits per heavy atom. The van der Waals surface area contributed by atoms with Crippen molar-refractivity contribution in [3.63, 3.8) is 0 Å². The fourth-order valence-corrected chi connectivity index (χ4v) is 5.10. The molecule has 2 saturated heterocycles. The maximum absolute atomic E-state index is 13.4. The number of amides is 2. The van der Waals surface area contributed by atoms with Gasteiger partial charge in [-0.1, -0.05) is 17.7 Å². The van der Waals surface area contributed by atoms with Crippen molar-refractivity contribution in [2.24, 2.45) is 5.41 Å². The van der Waals surface area contributed by atoms with E-state index < -0.39 is 5.41 Å². The molecule has 2 aromatic rings. The molecule has 1 atom stereocenters. The second-order valence-electron chi connectivity index (χ2n) is 9.42. The number of piperidine rings is 2. The van der Waals surface area contributed by atoms with Gasteiger partial charge in [-0.3, -0.25) is 9.59 Å². The van der Waals surface area contributed by atoms with Gasteiger partial charge in [-0.25, -0.2) is 0 Å². The number of carbonyl (C=O) groups is 2. The van der Waals surface area contributed by atoms with E-state index in [-0.39, 0.29) is 11.8 Å². The fourth-order valence-electron chi connectivity index (χ4n) is 4.98. The van der Waals surface area contributed by atoms with Gasteiger partial charge in [0.25, 0.3) is 5.91 Å². The molecule has 0 spiro atoms. The lowest BCUT2D eigenvalue weighted by atomic mass is 9.77. The Hall–Kier alpha value is -2.73. The summed E-state index contributed by atoms with van der Waals surface area (Å²) in [6.45, 7) is 3.15. The van der Waals surface area contributed by atoms with Gasteiger partial charge < -0.3 is 19.3 Å². The number of hydrogen-bond donors (Lipinski definition) is 0. The first kappa shape index (κ1) is 24.4. The van der Waals surface area contributed by atoms with E-state index >= 15 is 0 Å². The number of ether oxygens (including phenoxy) is 2. The molecule has 182 valence electrons. The monoisotopic (exact) mass is 484 g/mol. The van der Waals surface area contributed by atoms with Crippen LogP contribution in [-0.2, 0) is 4.79 Å². The minimum Gasteiger partial charge on any atom is -0.497 e. The highest BCUT2D eigenvalue weighted by molar-refractivity contribution is 6.30. The van der Waals surface area contributed by atoms with Crippen molar-refractivity contribution in [2.75, 3.05) is 39.9 Å². The largest absolute Gasteiger partial charge is 0.497 e. The summed E-state index contributed by atoms with van der Waals surface area (Å²) < 4.78 is 11.5. The Kier molecular flexibility index (Phi) is 7.99. The molecule has 2 heterocycles. The van der Waals surface area contributed by atoms with Crippen molar-refractivity contribution < 1.29 is 19.1 Å². The lowest BCUT2D eigenvalue weighted by Gasteiger charge is -2.43. The quantitative estimate of drug-likeness (QED) is 0.551. The van der Waals surface area contributed by atoms with E-state index in [0.717, 1.165) is 38.8 Å². The summed E-state index contributed by atoms with van der Waals surface area (Å²) >= 11 is 6.02. The number of nitrogens with zero attached hydrogens (tertiary/aromatic N) is 2. The first-order valence-corrected chi connectivity index (χ1v) is 12.5. The Bertz CT molecular complexity index is 990. The third-order valence-corrected chi connectivity index (χ3v) is 7.11. The number of benzene rings is 2. The van der Waals surface area contributed by atoms with Crippen LogP contribution in [-0.4, -0.2) is 61.5 Å². The highest BCUT2D eigenvalue weighted by atomic mass is 35.5. The lowest BCUT2D eigenvalue weighted by molar-refractivity contribution is -0.136. The molecular formula is C27H33ClN2O4. The van der Waals surface area contributed by atoms with Crippen LogP contribution in [0.1, 0.15) is 48.9 Å². The predicted molar refractivity (Wildman–Crippen MR) is 133 cm³/mol. The van der Waals surface area contributed by atoms with E-state index in [2.05, 4.69) is 0 Å². The Morgan fingerprint density at radius 2 is 1.68 bits per heavy atom. The van der Waals surface area contributed by atoms with E-state index in [4.69, 9.17) is 21.1 Å². The van der Waals surface area contributed by atoms with Crippen LogP contribution in [0.5, 0.6) is 11.5 Å². The number of methoxy groups -OCH3 is 1. The van der Waals surface area contributed by atoms with Crippen LogP contribution in [0.15, 0.2) is 48.5 Å². The molecule has 0 radical (unpaired) electrons. The molecule has 0 saturated carbocycles. The Balaban J connectivity index is 1.53. The van der Waals surface area contributed by atoms with Gasteiger partial charge in [0.15, 0.2) is 0 Å². The molecule has 7 heteroatoms. The molecule has 2 aliphatic rings. The van der Waals surface area contributed by atoms with Gasteiger partial charge in [0.2, 0.25) is 5.91 Å². The topological polar surface area (TPSA) is 59.1 Å². The summed E-state index contributed by atoms with van der Waals surface area (Å²) in [6.07, 6.45) is 5.33. The average molecular weight is 485 g/mol. The third kappa shape index (κ3) is 6.03. The van der Waals surface area contributed by atoms with Crippen LogP contribution in [0.25, 0.3) is 0 Å². The Labute approximate surface area is 206 Å². The first-order valence-electron chi connectivity index (χ1n) is 12.1. The van der Waals surface area contributed by atoms with Crippen LogP contribution in [0.3, 0.4) is 0 Å². The van der Waals surface area contributed by atoms with E-state index in [9.17, 15) is 9.59 Å². The SMILES string of the molecule is COc1cccc(C(=O)N2CCC[C@@](COc3ccc(Cl)cc3)(CC(=O)N3CCCCC3)C2)c1. The molecule has 2 aromatic carbocycles. The van der Waals surface area contributed by atoms with Crippen LogP contribution >= 0.6 is 11.6 Å². The van der Waals surface area contributed by atoms with Crippen molar-refractivity contribution >= 4 is 23.4 Å². The first-order chi connectivity index (χ1) is 16.5. The fraction of sp³-hybridized carbons (Fsp3) is 0.481. The molecule has 6 nitrogen and oxygen atoms in total. The van der Waals surface area contributed by atoms with Crippen LogP contribution < -0.4 is 9.47 Å². The van der Waals surface area contributed by atoms with Crippen LogP contribution in [0.4, 0.5) is 0 Å². The normalized spacial score (nSPS) is 20.6. The summed E-state index contributed by atoms with van der Waals surface area (Å²) in [7, 11) is 1.59. The zero-order chi connectivity index (χ0) is 24.0. The second-order valence-corrected chi connectivity index (χ2v) is 9.86. The van der Waals surface area contributed by atoms with Gasteiger partial charge in [0.05, 0.1) is 13.7 Å². The molecule has 0 unspecified atom stereocenters. The van der Waals surface area contributed by atoms with Crippen molar-refractivity contribution in [3.05, 3.63) is 59.1 Å². The number of halogens is 1.